The Morgan fingerprint density at radius 3 is 2.68 bits per heavy atom. The molecule has 0 saturated carbocycles. The van der Waals surface area contributed by atoms with E-state index in [0.717, 1.165) is 6.54 Å². The maximum atomic E-state index is 12.3. The molecule has 22 heavy (non-hydrogen) atoms. The van der Waals surface area contributed by atoms with Crippen molar-refractivity contribution in [3.63, 3.8) is 0 Å². The van der Waals surface area contributed by atoms with Crippen LogP contribution in [0.25, 0.3) is 0 Å². The molecule has 0 aliphatic carbocycles. The van der Waals surface area contributed by atoms with Crippen molar-refractivity contribution in [2.45, 2.75) is 77.6 Å². The largest absolute Gasteiger partial charge is 0.444 e. The minimum absolute atomic E-state index is 0.156. The van der Waals surface area contributed by atoms with E-state index in [1.807, 2.05) is 39.5 Å². The molecular formula is C17H33N3O2. The van der Waals surface area contributed by atoms with E-state index in [0.29, 0.717) is 18.6 Å². The zero-order valence-corrected chi connectivity index (χ0v) is 14.9. The maximum absolute atomic E-state index is 12.3. The van der Waals surface area contributed by atoms with E-state index >= 15 is 0 Å². The van der Waals surface area contributed by atoms with Crippen molar-refractivity contribution in [2.75, 3.05) is 26.2 Å². The Labute approximate surface area is 135 Å². The number of fused-ring (bicyclic) bond motifs is 1. The van der Waals surface area contributed by atoms with Crippen LogP contribution in [-0.4, -0.2) is 65.8 Å². The lowest BCUT2D eigenvalue weighted by Crippen LogP contribution is -2.47. The first-order valence-corrected chi connectivity index (χ1v) is 8.75. The van der Waals surface area contributed by atoms with Crippen LogP contribution in [0.3, 0.4) is 0 Å². The number of hydrogen-bond acceptors (Lipinski definition) is 4. The summed E-state index contributed by atoms with van der Waals surface area (Å²) in [7, 11) is 0. The summed E-state index contributed by atoms with van der Waals surface area (Å²) < 4.78 is 5.50. The van der Waals surface area contributed by atoms with Gasteiger partial charge in [0.2, 0.25) is 0 Å². The SMILES string of the molecule is CC(C)N(CCNC1CCN2CCCC12)C(=O)OC(C)(C)C. The fourth-order valence-corrected chi connectivity index (χ4v) is 3.57. The van der Waals surface area contributed by atoms with Gasteiger partial charge in [0.05, 0.1) is 0 Å². The Morgan fingerprint density at radius 1 is 1.32 bits per heavy atom. The van der Waals surface area contributed by atoms with E-state index in [-0.39, 0.29) is 12.1 Å². The number of hydrogen-bond donors (Lipinski definition) is 1. The number of carbonyl (C=O) groups excluding carboxylic acids is 1. The lowest BCUT2D eigenvalue weighted by atomic mass is 10.1. The highest BCUT2D eigenvalue weighted by molar-refractivity contribution is 5.68. The number of amides is 1. The van der Waals surface area contributed by atoms with Gasteiger partial charge < -0.3 is 15.0 Å². The highest BCUT2D eigenvalue weighted by atomic mass is 16.6. The summed E-state index contributed by atoms with van der Waals surface area (Å²) in [6.07, 6.45) is 3.67. The molecular weight excluding hydrogens is 278 g/mol. The molecule has 5 heteroatoms. The molecule has 1 amide bonds. The first-order valence-electron chi connectivity index (χ1n) is 8.75. The third-order valence-electron chi connectivity index (χ3n) is 4.62. The van der Waals surface area contributed by atoms with E-state index in [2.05, 4.69) is 10.2 Å². The zero-order chi connectivity index (χ0) is 16.3. The number of nitrogens with one attached hydrogen (secondary N) is 1. The number of nitrogens with zero attached hydrogens (tertiary/aromatic N) is 2. The number of ether oxygens (including phenoxy) is 1. The Bertz CT molecular complexity index is 379. The van der Waals surface area contributed by atoms with Gasteiger partial charge in [-0.15, -0.1) is 0 Å². The van der Waals surface area contributed by atoms with Gasteiger partial charge in [-0.1, -0.05) is 0 Å². The quantitative estimate of drug-likeness (QED) is 0.847. The maximum Gasteiger partial charge on any atom is 0.410 e. The van der Waals surface area contributed by atoms with E-state index < -0.39 is 5.60 Å². The van der Waals surface area contributed by atoms with Gasteiger partial charge in [-0.05, 0) is 60.4 Å². The molecule has 0 spiro atoms. The monoisotopic (exact) mass is 311 g/mol. The molecule has 128 valence electrons. The molecule has 0 aromatic heterocycles. The molecule has 5 nitrogen and oxygen atoms in total. The fourth-order valence-electron chi connectivity index (χ4n) is 3.57. The average molecular weight is 311 g/mol. The minimum Gasteiger partial charge on any atom is -0.444 e. The van der Waals surface area contributed by atoms with E-state index in [1.165, 1.54) is 32.4 Å². The second kappa shape index (κ2) is 7.18. The molecule has 2 heterocycles. The van der Waals surface area contributed by atoms with Crippen LogP contribution in [0.5, 0.6) is 0 Å². The molecule has 2 fully saturated rings. The topological polar surface area (TPSA) is 44.8 Å². The second-order valence-electron chi connectivity index (χ2n) is 7.86. The molecule has 2 rings (SSSR count). The van der Waals surface area contributed by atoms with Gasteiger partial charge in [0.1, 0.15) is 5.60 Å². The van der Waals surface area contributed by atoms with Gasteiger partial charge in [-0.2, -0.15) is 0 Å². The molecule has 0 aromatic carbocycles. The van der Waals surface area contributed by atoms with Crippen LogP contribution >= 0.6 is 0 Å². The van der Waals surface area contributed by atoms with Gasteiger partial charge >= 0.3 is 6.09 Å². The standard InChI is InChI=1S/C17H33N3O2/c1-13(2)20(16(21)22-17(3,4)5)12-9-18-14-8-11-19-10-6-7-15(14)19/h13-15,18H,6-12H2,1-5H3. The molecule has 2 saturated heterocycles. The molecule has 2 unspecified atom stereocenters. The Balaban J connectivity index is 1.78. The van der Waals surface area contributed by atoms with Crippen molar-refractivity contribution < 1.29 is 9.53 Å². The van der Waals surface area contributed by atoms with Crippen LogP contribution in [0.15, 0.2) is 0 Å². The van der Waals surface area contributed by atoms with Crippen molar-refractivity contribution in [2.24, 2.45) is 0 Å². The number of rotatable bonds is 5. The van der Waals surface area contributed by atoms with E-state index in [4.69, 9.17) is 4.74 Å². The van der Waals surface area contributed by atoms with Gasteiger partial charge in [-0.3, -0.25) is 4.90 Å². The van der Waals surface area contributed by atoms with Crippen molar-refractivity contribution in [3.8, 4) is 0 Å². The third-order valence-corrected chi connectivity index (χ3v) is 4.62. The lowest BCUT2D eigenvalue weighted by Gasteiger charge is -2.31. The van der Waals surface area contributed by atoms with Crippen molar-refractivity contribution in [1.82, 2.24) is 15.1 Å². The molecule has 1 N–H and O–H groups in total. The Hall–Kier alpha value is -0.810. The molecule has 2 aliphatic rings. The van der Waals surface area contributed by atoms with Crippen molar-refractivity contribution in [3.05, 3.63) is 0 Å². The summed E-state index contributed by atoms with van der Waals surface area (Å²) in [4.78, 5) is 16.7. The molecule has 0 radical (unpaired) electrons. The van der Waals surface area contributed by atoms with Gasteiger partial charge in [0, 0.05) is 37.8 Å². The lowest BCUT2D eigenvalue weighted by molar-refractivity contribution is 0.0192. The molecule has 0 aromatic rings. The smallest absolute Gasteiger partial charge is 0.410 e. The zero-order valence-electron chi connectivity index (χ0n) is 14.9. The van der Waals surface area contributed by atoms with Crippen LogP contribution in [0.4, 0.5) is 4.79 Å². The van der Waals surface area contributed by atoms with Crippen LogP contribution in [-0.2, 0) is 4.74 Å². The molecule has 2 atom stereocenters. The Kier molecular flexibility index (Phi) is 5.72. The number of carbonyl (C=O) groups is 1. The predicted molar refractivity (Wildman–Crippen MR) is 89.1 cm³/mol. The van der Waals surface area contributed by atoms with Gasteiger partial charge in [0.25, 0.3) is 0 Å². The molecule has 2 aliphatic heterocycles. The first-order chi connectivity index (χ1) is 10.3. The third kappa shape index (κ3) is 4.59. The summed E-state index contributed by atoms with van der Waals surface area (Å²) in [5.74, 6) is 0. The van der Waals surface area contributed by atoms with Crippen molar-refractivity contribution >= 4 is 6.09 Å². The predicted octanol–water partition coefficient (Wildman–Crippen LogP) is 2.46. The van der Waals surface area contributed by atoms with Gasteiger partial charge in [0.15, 0.2) is 0 Å². The normalized spacial score (nSPS) is 25.5. The summed E-state index contributed by atoms with van der Waals surface area (Å²) >= 11 is 0. The second-order valence-corrected chi connectivity index (χ2v) is 7.86. The fraction of sp³-hybridized carbons (Fsp3) is 0.941. The van der Waals surface area contributed by atoms with Crippen LogP contribution in [0.1, 0.15) is 53.9 Å². The van der Waals surface area contributed by atoms with Crippen LogP contribution in [0, 0.1) is 0 Å². The molecule has 0 bridgehead atoms. The van der Waals surface area contributed by atoms with Gasteiger partial charge in [-0.25, -0.2) is 4.79 Å². The van der Waals surface area contributed by atoms with Crippen LogP contribution in [0.2, 0.25) is 0 Å². The minimum atomic E-state index is -0.437. The first kappa shape index (κ1) is 17.5. The Morgan fingerprint density at radius 2 is 2.05 bits per heavy atom. The summed E-state index contributed by atoms with van der Waals surface area (Å²) in [6, 6.07) is 1.47. The van der Waals surface area contributed by atoms with E-state index in [1.54, 1.807) is 0 Å². The average Bonchev–Trinajstić information content (AvgIpc) is 2.95. The van der Waals surface area contributed by atoms with E-state index in [9.17, 15) is 4.79 Å². The highest BCUT2D eigenvalue weighted by Gasteiger charge is 2.36. The highest BCUT2D eigenvalue weighted by Crippen LogP contribution is 2.27. The van der Waals surface area contributed by atoms with Crippen molar-refractivity contribution in [1.29, 1.82) is 0 Å². The summed E-state index contributed by atoms with van der Waals surface area (Å²) in [6.45, 7) is 13.8. The van der Waals surface area contributed by atoms with Crippen LogP contribution < -0.4 is 5.32 Å². The summed E-state index contributed by atoms with van der Waals surface area (Å²) in [5, 5.41) is 3.66. The summed E-state index contributed by atoms with van der Waals surface area (Å²) in [5.41, 5.74) is -0.437.